The molecule has 7 nitrogen and oxygen atoms in total. The molecule has 0 amide bonds. The smallest absolute Gasteiger partial charge is 0.225 e. The number of piperazine rings is 1. The van der Waals surface area contributed by atoms with Crippen LogP contribution in [0.15, 0.2) is 30.6 Å². The Morgan fingerprint density at radius 3 is 2.39 bits per heavy atom. The molecule has 0 radical (unpaired) electrons. The van der Waals surface area contributed by atoms with Crippen molar-refractivity contribution in [1.29, 1.82) is 0 Å². The molecule has 2 aliphatic rings. The zero-order valence-electron chi connectivity index (χ0n) is 18.6. The molecule has 0 bridgehead atoms. The standard InChI is InChI=1S/C23H33FN6O/c1-3-18-15-26-23(27-16-18)29-8-6-20(7-9-29)31-21-5-4-19(22(24)14-21)17-28-10-12-30(25-2)13-11-28/h4-5,14-16,20,25H,3,6-13,17H2,1-2H3. The van der Waals surface area contributed by atoms with Gasteiger partial charge in [0, 0.05) is 82.7 Å². The molecular weight excluding hydrogens is 395 g/mol. The summed E-state index contributed by atoms with van der Waals surface area (Å²) in [5.41, 5.74) is 5.04. The monoisotopic (exact) mass is 428 g/mol. The number of rotatable bonds is 7. The van der Waals surface area contributed by atoms with E-state index in [1.807, 2.05) is 31.6 Å². The summed E-state index contributed by atoms with van der Waals surface area (Å²) in [6.07, 6.45) is 6.58. The van der Waals surface area contributed by atoms with Gasteiger partial charge in [-0.2, -0.15) is 0 Å². The maximum atomic E-state index is 14.7. The van der Waals surface area contributed by atoms with E-state index in [0.717, 1.165) is 75.6 Å². The molecule has 0 saturated carbocycles. The number of aryl methyl sites for hydroxylation is 1. The first-order chi connectivity index (χ1) is 15.1. The van der Waals surface area contributed by atoms with Gasteiger partial charge < -0.3 is 9.64 Å². The van der Waals surface area contributed by atoms with Gasteiger partial charge in [0.05, 0.1) is 0 Å². The summed E-state index contributed by atoms with van der Waals surface area (Å²) in [6, 6.07) is 5.31. The number of halogens is 1. The molecule has 0 aliphatic carbocycles. The first-order valence-electron chi connectivity index (χ1n) is 11.3. The molecule has 1 aromatic heterocycles. The van der Waals surface area contributed by atoms with Crippen molar-refractivity contribution in [2.75, 3.05) is 51.2 Å². The Kier molecular flexibility index (Phi) is 7.32. The van der Waals surface area contributed by atoms with Crippen molar-refractivity contribution in [3.8, 4) is 5.75 Å². The van der Waals surface area contributed by atoms with E-state index in [1.165, 1.54) is 6.07 Å². The molecule has 8 heteroatoms. The van der Waals surface area contributed by atoms with Gasteiger partial charge in [0.15, 0.2) is 0 Å². The highest BCUT2D eigenvalue weighted by atomic mass is 19.1. The van der Waals surface area contributed by atoms with Crippen molar-refractivity contribution in [3.63, 3.8) is 0 Å². The highest BCUT2D eigenvalue weighted by molar-refractivity contribution is 5.32. The fraction of sp³-hybridized carbons (Fsp3) is 0.565. The van der Waals surface area contributed by atoms with E-state index in [1.54, 1.807) is 0 Å². The van der Waals surface area contributed by atoms with E-state index in [-0.39, 0.29) is 11.9 Å². The minimum atomic E-state index is -0.185. The lowest BCUT2D eigenvalue weighted by molar-refractivity contribution is 0.0939. The summed E-state index contributed by atoms with van der Waals surface area (Å²) in [5, 5.41) is 2.18. The fourth-order valence-corrected chi connectivity index (χ4v) is 4.16. The van der Waals surface area contributed by atoms with Crippen molar-refractivity contribution in [1.82, 2.24) is 25.3 Å². The van der Waals surface area contributed by atoms with Crippen LogP contribution in [-0.4, -0.2) is 72.3 Å². The number of benzene rings is 1. The molecule has 0 spiro atoms. The molecule has 1 aromatic carbocycles. The number of nitrogens with zero attached hydrogens (tertiary/aromatic N) is 5. The van der Waals surface area contributed by atoms with Crippen LogP contribution < -0.4 is 15.1 Å². The number of piperidine rings is 1. The van der Waals surface area contributed by atoms with E-state index in [2.05, 4.69) is 37.1 Å². The van der Waals surface area contributed by atoms with Gasteiger partial charge in [-0.3, -0.25) is 10.3 Å². The topological polar surface area (TPSA) is 56.8 Å². The summed E-state index contributed by atoms with van der Waals surface area (Å²) in [6.45, 7) is 8.19. The van der Waals surface area contributed by atoms with Crippen molar-refractivity contribution in [2.45, 2.75) is 38.8 Å². The molecule has 2 aromatic rings. The second-order valence-corrected chi connectivity index (χ2v) is 8.29. The Morgan fingerprint density at radius 2 is 1.77 bits per heavy atom. The maximum Gasteiger partial charge on any atom is 0.225 e. The van der Waals surface area contributed by atoms with Crippen molar-refractivity contribution in [2.24, 2.45) is 0 Å². The predicted octanol–water partition coefficient (Wildman–Crippen LogP) is 2.48. The van der Waals surface area contributed by atoms with Crippen LogP contribution >= 0.6 is 0 Å². The highest BCUT2D eigenvalue weighted by Crippen LogP contribution is 2.24. The Bertz CT molecular complexity index is 832. The number of hydrogen-bond donors (Lipinski definition) is 1. The third kappa shape index (κ3) is 5.70. The van der Waals surface area contributed by atoms with Gasteiger partial charge in [-0.25, -0.2) is 19.4 Å². The summed E-state index contributed by atoms with van der Waals surface area (Å²) < 4.78 is 20.8. The summed E-state index contributed by atoms with van der Waals surface area (Å²) in [5.74, 6) is 1.21. The fourth-order valence-electron chi connectivity index (χ4n) is 4.16. The lowest BCUT2D eigenvalue weighted by Gasteiger charge is -2.34. The molecule has 3 heterocycles. The average Bonchev–Trinajstić information content (AvgIpc) is 2.82. The van der Waals surface area contributed by atoms with Crippen molar-refractivity contribution >= 4 is 5.95 Å². The lowest BCUT2D eigenvalue weighted by atomic mass is 10.1. The maximum absolute atomic E-state index is 14.7. The summed E-state index contributed by atoms with van der Waals surface area (Å²) >= 11 is 0. The second-order valence-electron chi connectivity index (χ2n) is 8.29. The molecular formula is C23H33FN6O. The van der Waals surface area contributed by atoms with Gasteiger partial charge in [-0.15, -0.1) is 0 Å². The number of anilines is 1. The minimum absolute atomic E-state index is 0.0889. The Morgan fingerprint density at radius 1 is 1.06 bits per heavy atom. The number of aromatic nitrogens is 2. The van der Waals surface area contributed by atoms with Gasteiger partial charge in [-0.05, 0) is 25.1 Å². The largest absolute Gasteiger partial charge is 0.490 e. The SMILES string of the molecule is CCc1cnc(N2CCC(Oc3ccc(CN4CCN(NC)CC4)c(F)c3)CC2)nc1. The zero-order valence-corrected chi connectivity index (χ0v) is 18.6. The van der Waals surface area contributed by atoms with Gasteiger partial charge in [0.25, 0.3) is 0 Å². The summed E-state index contributed by atoms with van der Waals surface area (Å²) in [4.78, 5) is 13.4. The summed E-state index contributed by atoms with van der Waals surface area (Å²) in [7, 11) is 1.94. The van der Waals surface area contributed by atoms with Crippen LogP contribution in [0.3, 0.4) is 0 Å². The third-order valence-electron chi connectivity index (χ3n) is 6.23. The average molecular weight is 429 g/mol. The molecule has 2 saturated heterocycles. The zero-order chi connectivity index (χ0) is 21.6. The number of hydrazine groups is 1. The molecule has 0 atom stereocenters. The first kappa shape index (κ1) is 21.9. The van der Waals surface area contributed by atoms with E-state index >= 15 is 0 Å². The number of hydrogen-bond acceptors (Lipinski definition) is 7. The third-order valence-corrected chi connectivity index (χ3v) is 6.23. The van der Waals surface area contributed by atoms with Gasteiger partial charge in [0.1, 0.15) is 17.7 Å². The van der Waals surface area contributed by atoms with Crippen LogP contribution in [-0.2, 0) is 13.0 Å². The van der Waals surface area contributed by atoms with Gasteiger partial charge in [-0.1, -0.05) is 13.0 Å². The molecule has 4 rings (SSSR count). The van der Waals surface area contributed by atoms with Gasteiger partial charge in [0.2, 0.25) is 5.95 Å². The normalized spacial score (nSPS) is 19.0. The molecule has 31 heavy (non-hydrogen) atoms. The highest BCUT2D eigenvalue weighted by Gasteiger charge is 2.23. The molecule has 0 unspecified atom stereocenters. The molecule has 2 fully saturated rings. The Balaban J connectivity index is 1.26. The quantitative estimate of drug-likeness (QED) is 0.727. The number of nitrogens with one attached hydrogen (secondary N) is 1. The van der Waals surface area contributed by atoms with E-state index < -0.39 is 0 Å². The first-order valence-corrected chi connectivity index (χ1v) is 11.3. The van der Waals surface area contributed by atoms with Crippen LogP contribution in [0.25, 0.3) is 0 Å². The van der Waals surface area contributed by atoms with E-state index in [4.69, 9.17) is 4.74 Å². The Hall–Kier alpha value is -2.29. The van der Waals surface area contributed by atoms with Crippen molar-refractivity contribution in [3.05, 3.63) is 47.5 Å². The van der Waals surface area contributed by atoms with Crippen LogP contribution in [0.4, 0.5) is 10.3 Å². The van der Waals surface area contributed by atoms with Gasteiger partial charge >= 0.3 is 0 Å². The molecule has 1 N–H and O–H groups in total. The van der Waals surface area contributed by atoms with Crippen LogP contribution in [0.2, 0.25) is 0 Å². The van der Waals surface area contributed by atoms with Crippen LogP contribution in [0.1, 0.15) is 30.9 Å². The van der Waals surface area contributed by atoms with Crippen LogP contribution in [0.5, 0.6) is 5.75 Å². The van der Waals surface area contributed by atoms with E-state index in [0.29, 0.717) is 12.3 Å². The van der Waals surface area contributed by atoms with Crippen molar-refractivity contribution < 1.29 is 9.13 Å². The van der Waals surface area contributed by atoms with E-state index in [9.17, 15) is 4.39 Å². The van der Waals surface area contributed by atoms with Crippen LogP contribution in [0, 0.1) is 5.82 Å². The predicted molar refractivity (Wildman–Crippen MR) is 120 cm³/mol. The molecule has 2 aliphatic heterocycles. The number of ether oxygens (including phenoxy) is 1. The minimum Gasteiger partial charge on any atom is -0.490 e. The second kappa shape index (κ2) is 10.3. The Labute approximate surface area is 184 Å². The molecule has 168 valence electrons. The lowest BCUT2D eigenvalue weighted by Crippen LogP contribution is -2.50.